The molecule has 2 unspecified atom stereocenters. The number of benzene rings is 1. The van der Waals surface area contributed by atoms with Crippen LogP contribution in [0.25, 0.3) is 0 Å². The summed E-state index contributed by atoms with van der Waals surface area (Å²) in [7, 11) is 4.36. The van der Waals surface area contributed by atoms with Gasteiger partial charge in [-0.05, 0) is 170 Å². The van der Waals surface area contributed by atoms with Crippen molar-refractivity contribution in [2.75, 3.05) is 33.7 Å². The summed E-state index contributed by atoms with van der Waals surface area (Å²) < 4.78 is 0. The van der Waals surface area contributed by atoms with Crippen molar-refractivity contribution in [2.45, 2.75) is 139 Å². The lowest BCUT2D eigenvalue weighted by Crippen LogP contribution is -2.64. The predicted octanol–water partition coefficient (Wildman–Crippen LogP) is 12.6. The number of hydrogen-bond acceptors (Lipinski definition) is 3. The zero-order valence-electron chi connectivity index (χ0n) is 36.2. The summed E-state index contributed by atoms with van der Waals surface area (Å²) in [6, 6.07) is 8.43. The highest BCUT2D eigenvalue weighted by Gasteiger charge is 2.70. The van der Waals surface area contributed by atoms with Crippen LogP contribution in [0.5, 0.6) is 0 Å². The Morgan fingerprint density at radius 1 is 0.852 bits per heavy atom. The molecule has 7 rings (SSSR count). The summed E-state index contributed by atoms with van der Waals surface area (Å²) in [5.74, 6) is 3.92. The number of allylic oxidation sites excluding steroid dienone is 6. The molecule has 0 N–H and O–H groups in total. The Bertz CT molecular complexity index is 1680. The number of halogens is 1. The number of carbonyl (C=O) groups excluding carboxylic acids is 1. The molecule has 0 bridgehead atoms. The van der Waals surface area contributed by atoms with Crippen LogP contribution in [0.4, 0.5) is 0 Å². The topological polar surface area (TPSA) is 23.6 Å². The van der Waals surface area contributed by atoms with Crippen molar-refractivity contribution in [3.63, 3.8) is 0 Å². The first-order valence-electron chi connectivity index (χ1n) is 22.2. The first-order chi connectivity index (χ1) is 25.4. The van der Waals surface area contributed by atoms with E-state index in [0.29, 0.717) is 29.0 Å². The first kappa shape index (κ1) is 40.5. The second-order valence-electron chi connectivity index (χ2n) is 21.6. The molecule has 1 aromatic rings. The highest BCUT2D eigenvalue weighted by molar-refractivity contribution is 6.30. The maximum absolute atomic E-state index is 14.4. The number of nitrogens with zero attached hydrogens (tertiary/aromatic N) is 2. The van der Waals surface area contributed by atoms with Gasteiger partial charge in [0.05, 0.1) is 0 Å². The lowest BCUT2D eigenvalue weighted by Gasteiger charge is -2.72. The van der Waals surface area contributed by atoms with Gasteiger partial charge in [0.2, 0.25) is 0 Å². The summed E-state index contributed by atoms with van der Waals surface area (Å²) in [4.78, 5) is 19.4. The van der Waals surface area contributed by atoms with Crippen molar-refractivity contribution in [3.8, 4) is 0 Å². The van der Waals surface area contributed by atoms with Gasteiger partial charge in [-0.3, -0.25) is 9.69 Å². The zero-order valence-corrected chi connectivity index (χ0v) is 37.0. The molecule has 9 atom stereocenters. The molecule has 0 spiro atoms. The van der Waals surface area contributed by atoms with Crippen molar-refractivity contribution in [2.24, 2.45) is 62.6 Å². The van der Waals surface area contributed by atoms with Crippen molar-refractivity contribution in [1.82, 2.24) is 9.80 Å². The van der Waals surface area contributed by atoms with Gasteiger partial charge in [0, 0.05) is 43.0 Å². The van der Waals surface area contributed by atoms with Crippen LogP contribution in [0.15, 0.2) is 58.7 Å². The van der Waals surface area contributed by atoms with Gasteiger partial charge in [-0.25, -0.2) is 0 Å². The van der Waals surface area contributed by atoms with Crippen LogP contribution in [0.3, 0.4) is 0 Å². The SMILES string of the molecule is CC1CC=C(C2=CC[C@]3(C)[C@H]4CC[C@@H]5C6=C(C(C)C)C(=O)C[C@]6(C(C)CN(CCN(C)C)Cc6ccc(Cl)cc6)CC[C@@]5(C)[C@]4(C)CC[C@H]3C2(C)C)CC1. The summed E-state index contributed by atoms with van der Waals surface area (Å²) in [5.41, 5.74) is 8.53. The van der Waals surface area contributed by atoms with Crippen molar-refractivity contribution >= 4 is 17.4 Å². The molecule has 0 aromatic heterocycles. The number of hydrogen-bond donors (Lipinski definition) is 0. The maximum Gasteiger partial charge on any atom is 0.159 e. The third-order valence-corrected chi connectivity index (χ3v) is 18.0. The van der Waals surface area contributed by atoms with Gasteiger partial charge in [0.25, 0.3) is 0 Å². The average molecular weight is 756 g/mol. The van der Waals surface area contributed by atoms with E-state index in [1.165, 1.54) is 68.9 Å². The average Bonchev–Trinajstić information content (AvgIpc) is 3.42. The molecular weight excluding hydrogens is 680 g/mol. The van der Waals surface area contributed by atoms with Crippen molar-refractivity contribution in [1.29, 1.82) is 0 Å². The van der Waals surface area contributed by atoms with E-state index in [0.717, 1.165) is 55.9 Å². The number of rotatable bonds is 10. The molecule has 3 nitrogen and oxygen atoms in total. The molecule has 1 aromatic carbocycles. The molecular formula is C50H75ClN2O. The van der Waals surface area contributed by atoms with E-state index in [4.69, 9.17) is 11.6 Å². The fourth-order valence-electron chi connectivity index (χ4n) is 14.7. The minimum atomic E-state index is -0.0305. The number of likely N-dealkylation sites (N-methyl/N-ethyl adjacent to an activating group) is 1. The van der Waals surface area contributed by atoms with Crippen LogP contribution in [-0.4, -0.2) is 49.3 Å². The van der Waals surface area contributed by atoms with Gasteiger partial charge in [0.1, 0.15) is 0 Å². The van der Waals surface area contributed by atoms with Gasteiger partial charge in [-0.15, -0.1) is 0 Å². The lowest BCUT2D eigenvalue weighted by molar-refractivity contribution is -0.200. The monoisotopic (exact) mass is 755 g/mol. The second kappa shape index (κ2) is 14.6. The fraction of sp³-hybridized carbons (Fsp3) is 0.740. The van der Waals surface area contributed by atoms with E-state index in [-0.39, 0.29) is 27.6 Å². The molecule has 3 fully saturated rings. The molecule has 298 valence electrons. The maximum atomic E-state index is 14.4. The normalized spacial score (nSPS) is 38.2. The van der Waals surface area contributed by atoms with Gasteiger partial charge in [-0.1, -0.05) is 104 Å². The number of ketones is 1. The largest absolute Gasteiger partial charge is 0.308 e. The van der Waals surface area contributed by atoms with Crippen LogP contribution in [0.1, 0.15) is 139 Å². The Hall–Kier alpha value is -1.68. The predicted molar refractivity (Wildman–Crippen MR) is 228 cm³/mol. The Morgan fingerprint density at radius 2 is 1.57 bits per heavy atom. The Kier molecular flexibility index (Phi) is 11.0. The van der Waals surface area contributed by atoms with Gasteiger partial charge >= 0.3 is 0 Å². The fourth-order valence-corrected chi connectivity index (χ4v) is 14.8. The van der Waals surface area contributed by atoms with Crippen LogP contribution in [0, 0.1) is 62.6 Å². The summed E-state index contributed by atoms with van der Waals surface area (Å²) >= 11 is 6.30. The third kappa shape index (κ3) is 6.49. The van der Waals surface area contributed by atoms with Crippen molar-refractivity contribution < 1.29 is 4.79 Å². The molecule has 0 saturated heterocycles. The van der Waals surface area contributed by atoms with E-state index in [9.17, 15) is 4.79 Å². The highest BCUT2D eigenvalue weighted by atomic mass is 35.5. The summed E-state index contributed by atoms with van der Waals surface area (Å²) in [6.07, 6.45) is 18.8. The summed E-state index contributed by atoms with van der Waals surface area (Å²) in [5, 5.41) is 0.794. The minimum Gasteiger partial charge on any atom is -0.308 e. The molecule has 0 heterocycles. The molecule has 0 radical (unpaired) electrons. The molecule has 54 heavy (non-hydrogen) atoms. The smallest absolute Gasteiger partial charge is 0.159 e. The standard InChI is InChI=1S/C50H75ClN2O/c1-33(2)44-41(54)30-50(35(4)31-53(29-28-52(10)11)32-36-14-18-38(51)19-15-36)27-26-48(8)40(45(44)50)20-21-43-47(7)24-22-39(37-16-12-34(3)13-17-37)46(5,6)42(47)23-25-49(43,48)9/h14-16,18-19,22,33-35,40,42-43H,12-13,17,20-21,23-32H2,1-11H3/t34?,35?,40-,42+,43-,47+,48-,49-,50+/m1/s1. The van der Waals surface area contributed by atoms with Gasteiger partial charge < -0.3 is 4.90 Å². The van der Waals surface area contributed by atoms with Crippen molar-refractivity contribution in [3.05, 3.63) is 69.3 Å². The first-order valence-corrected chi connectivity index (χ1v) is 22.5. The third-order valence-electron chi connectivity index (χ3n) is 17.7. The van der Waals surface area contributed by atoms with E-state index in [2.05, 4.69) is 110 Å². The van der Waals surface area contributed by atoms with Gasteiger partial charge in [0.15, 0.2) is 5.78 Å². The molecule has 4 heteroatoms. The minimum absolute atomic E-state index is 0.0305. The van der Waals surface area contributed by atoms with E-state index < -0.39 is 0 Å². The molecule has 3 saturated carbocycles. The zero-order chi connectivity index (χ0) is 39.0. The number of Topliss-reactive ketones (excluding diaryl/α,β-unsaturated/α-hetero) is 1. The highest BCUT2D eigenvalue weighted by Crippen LogP contribution is 2.77. The summed E-state index contributed by atoms with van der Waals surface area (Å²) in [6.45, 7) is 27.0. The van der Waals surface area contributed by atoms with Crippen LogP contribution < -0.4 is 0 Å². The molecule has 6 aliphatic rings. The Morgan fingerprint density at radius 3 is 2.22 bits per heavy atom. The molecule has 6 aliphatic carbocycles. The lowest BCUT2D eigenvalue weighted by atomic mass is 9.33. The molecule has 0 aliphatic heterocycles. The number of carbonyl (C=O) groups is 1. The second-order valence-corrected chi connectivity index (χ2v) is 22.0. The van der Waals surface area contributed by atoms with Crippen LogP contribution in [-0.2, 0) is 11.3 Å². The Balaban J connectivity index is 1.21. The van der Waals surface area contributed by atoms with E-state index in [1.54, 1.807) is 16.7 Å². The molecule has 0 amide bonds. The van der Waals surface area contributed by atoms with Crippen LogP contribution in [0.2, 0.25) is 5.02 Å². The Labute approximate surface area is 335 Å². The number of fused-ring (bicyclic) bond motifs is 7. The van der Waals surface area contributed by atoms with Gasteiger partial charge in [-0.2, -0.15) is 0 Å². The van der Waals surface area contributed by atoms with E-state index in [1.807, 2.05) is 12.1 Å². The van der Waals surface area contributed by atoms with E-state index >= 15 is 0 Å². The quantitative estimate of drug-likeness (QED) is 0.238. The van der Waals surface area contributed by atoms with Crippen LogP contribution >= 0.6 is 11.6 Å².